The van der Waals surface area contributed by atoms with Crippen LogP contribution in [0.4, 0.5) is 10.2 Å². The second kappa shape index (κ2) is 9.53. The molecule has 1 aliphatic carbocycles. The summed E-state index contributed by atoms with van der Waals surface area (Å²) in [6.07, 6.45) is 2.85. The van der Waals surface area contributed by atoms with E-state index in [9.17, 15) is 18.8 Å². The Morgan fingerprint density at radius 1 is 1.29 bits per heavy atom. The summed E-state index contributed by atoms with van der Waals surface area (Å²) < 4.78 is 13.9. The highest BCUT2D eigenvalue weighted by Gasteiger charge is 2.55. The smallest absolute Gasteiger partial charge is 0.265 e. The highest BCUT2D eigenvalue weighted by Crippen LogP contribution is 2.48. The van der Waals surface area contributed by atoms with Gasteiger partial charge in [-0.1, -0.05) is 6.07 Å². The number of pyridine rings is 1. The Bertz CT molecular complexity index is 1140. The largest absolute Gasteiger partial charge is 0.394 e. The van der Waals surface area contributed by atoms with E-state index in [1.54, 1.807) is 35.0 Å². The van der Waals surface area contributed by atoms with Crippen molar-refractivity contribution >= 4 is 45.2 Å². The second-order valence-electron chi connectivity index (χ2n) is 8.53. The molecule has 2 fully saturated rings. The number of nitrogens with zero attached hydrogens (tertiary/aromatic N) is 4. The lowest BCUT2D eigenvalue weighted by Gasteiger charge is -2.29. The van der Waals surface area contributed by atoms with Crippen LogP contribution in [0.25, 0.3) is 0 Å². The molecule has 180 valence electrons. The number of allylic oxidation sites excluding steroid dienone is 2. The molecule has 3 amide bonds. The Balaban J connectivity index is 1.51. The lowest BCUT2D eigenvalue weighted by atomic mass is 10.0. The minimum absolute atomic E-state index is 0.0108. The average molecular weight is 534 g/mol. The monoisotopic (exact) mass is 533 g/mol. The lowest BCUT2D eigenvalue weighted by Crippen LogP contribution is -2.46. The quantitative estimate of drug-likeness (QED) is 0.362. The number of piperidine rings is 1. The number of alkyl halides is 1. The molecule has 0 radical (unpaired) electrons. The third kappa shape index (κ3) is 4.81. The Morgan fingerprint density at radius 3 is 2.74 bits per heavy atom. The van der Waals surface area contributed by atoms with E-state index in [0.29, 0.717) is 34.2 Å². The summed E-state index contributed by atoms with van der Waals surface area (Å²) in [5.74, 6) is -0.777. The molecule has 34 heavy (non-hydrogen) atoms. The van der Waals surface area contributed by atoms with Crippen LogP contribution in [0.15, 0.2) is 50.8 Å². The zero-order chi connectivity index (χ0) is 24.6. The van der Waals surface area contributed by atoms with Crippen LogP contribution in [0.3, 0.4) is 0 Å². The summed E-state index contributed by atoms with van der Waals surface area (Å²) in [6.45, 7) is -0.824. The standard InChI is InChI=1S/C22H25BrFN7O3/c1-30-10-14(13(7-12(30)8-24)20(25)21(26)33)27-9-19(32)31-15-5-11(15)6-16(31)22(34)29-18-4-2-3-17(23)28-18/h2-4,7,11,15-16H,5-6,8-10,25H2,1H3,(H2,26,33)(H,28,29,34)/b20-13-,27-14?/t11-,15-,16+/m1/s1. The SMILES string of the molecule is CN1CC(=NCC(=O)N2[C@@H]3C[C@@H]3C[C@H]2C(=O)Nc2cccc(Br)n2)/C(=C(\N)C(N)=O)C=C1CF. The number of primary amides is 1. The first-order valence-electron chi connectivity index (χ1n) is 10.7. The van der Waals surface area contributed by atoms with Crippen LogP contribution in [-0.4, -0.2) is 77.1 Å². The highest BCUT2D eigenvalue weighted by molar-refractivity contribution is 9.10. The minimum Gasteiger partial charge on any atom is -0.394 e. The lowest BCUT2D eigenvalue weighted by molar-refractivity contribution is -0.136. The van der Waals surface area contributed by atoms with Gasteiger partial charge in [0.2, 0.25) is 11.8 Å². The number of fused-ring (bicyclic) bond motifs is 1. The van der Waals surface area contributed by atoms with Crippen LogP contribution >= 0.6 is 15.9 Å². The number of carbonyl (C=O) groups is 3. The molecule has 12 heteroatoms. The molecule has 2 aliphatic heterocycles. The molecule has 1 saturated carbocycles. The van der Waals surface area contributed by atoms with Gasteiger partial charge in [-0.2, -0.15) is 0 Å². The molecule has 1 aromatic heterocycles. The Morgan fingerprint density at radius 2 is 2.06 bits per heavy atom. The number of halogens is 2. The number of hydrogen-bond donors (Lipinski definition) is 3. The molecule has 3 heterocycles. The van der Waals surface area contributed by atoms with E-state index in [1.165, 1.54) is 6.08 Å². The first-order valence-corrected chi connectivity index (χ1v) is 11.5. The molecule has 0 bridgehead atoms. The van der Waals surface area contributed by atoms with Crippen molar-refractivity contribution in [3.05, 3.63) is 45.8 Å². The number of carbonyl (C=O) groups excluding carboxylic acids is 3. The molecule has 1 saturated heterocycles. The zero-order valence-corrected chi connectivity index (χ0v) is 20.1. The van der Waals surface area contributed by atoms with Crippen LogP contribution < -0.4 is 16.8 Å². The molecule has 10 nitrogen and oxygen atoms in total. The summed E-state index contributed by atoms with van der Waals surface area (Å²) in [5, 5.41) is 2.77. The number of amides is 3. The number of nitrogens with two attached hydrogens (primary N) is 2. The van der Waals surface area contributed by atoms with Gasteiger partial charge in [0.1, 0.15) is 35.4 Å². The summed E-state index contributed by atoms with van der Waals surface area (Å²) >= 11 is 3.27. The molecule has 0 spiro atoms. The van der Waals surface area contributed by atoms with Crippen molar-refractivity contribution in [3.8, 4) is 0 Å². The zero-order valence-electron chi connectivity index (χ0n) is 18.5. The molecule has 0 unspecified atom stereocenters. The third-order valence-corrected chi connectivity index (χ3v) is 6.70. The van der Waals surface area contributed by atoms with Crippen LogP contribution in [0.2, 0.25) is 0 Å². The van der Waals surface area contributed by atoms with E-state index >= 15 is 0 Å². The van der Waals surface area contributed by atoms with Gasteiger partial charge in [-0.15, -0.1) is 0 Å². The van der Waals surface area contributed by atoms with Gasteiger partial charge in [0.05, 0.1) is 12.3 Å². The molecule has 5 N–H and O–H groups in total. The fraction of sp³-hybridized carbons (Fsp3) is 0.409. The van der Waals surface area contributed by atoms with Crippen molar-refractivity contribution in [2.24, 2.45) is 22.4 Å². The second-order valence-corrected chi connectivity index (χ2v) is 9.34. The fourth-order valence-corrected chi connectivity index (χ4v) is 4.74. The van der Waals surface area contributed by atoms with Crippen molar-refractivity contribution in [2.45, 2.75) is 24.9 Å². The molecule has 3 atom stereocenters. The Labute approximate surface area is 204 Å². The molecular weight excluding hydrogens is 509 g/mol. The normalized spacial score (nSPS) is 26.1. The van der Waals surface area contributed by atoms with Gasteiger partial charge < -0.3 is 26.6 Å². The van der Waals surface area contributed by atoms with E-state index in [0.717, 1.165) is 6.42 Å². The van der Waals surface area contributed by atoms with E-state index in [2.05, 4.69) is 31.2 Å². The molecular formula is C22H25BrFN7O3. The maximum atomic E-state index is 13.3. The van der Waals surface area contributed by atoms with E-state index in [1.807, 2.05) is 0 Å². The van der Waals surface area contributed by atoms with E-state index < -0.39 is 18.6 Å². The van der Waals surface area contributed by atoms with Crippen LogP contribution in [0, 0.1) is 5.92 Å². The predicted octanol–water partition coefficient (Wildman–Crippen LogP) is 0.710. The number of rotatable bonds is 6. The van der Waals surface area contributed by atoms with Gasteiger partial charge in [-0.3, -0.25) is 19.4 Å². The van der Waals surface area contributed by atoms with Crippen molar-refractivity contribution in [1.82, 2.24) is 14.8 Å². The minimum atomic E-state index is -0.855. The van der Waals surface area contributed by atoms with Crippen molar-refractivity contribution < 1.29 is 18.8 Å². The molecule has 3 aliphatic rings. The molecule has 1 aromatic rings. The number of likely N-dealkylation sites (tertiary alicyclic amines) is 1. The van der Waals surface area contributed by atoms with Crippen LogP contribution in [0.5, 0.6) is 0 Å². The maximum absolute atomic E-state index is 13.3. The summed E-state index contributed by atoms with van der Waals surface area (Å²) in [6, 6.07) is 4.57. The predicted molar refractivity (Wildman–Crippen MR) is 127 cm³/mol. The van der Waals surface area contributed by atoms with Gasteiger partial charge in [-0.05, 0) is 52.9 Å². The Kier molecular flexibility index (Phi) is 6.69. The number of aromatic nitrogens is 1. The molecule has 4 rings (SSSR count). The average Bonchev–Trinajstić information content (AvgIpc) is 3.46. The summed E-state index contributed by atoms with van der Waals surface area (Å²) in [5.41, 5.74) is 11.8. The molecule has 0 aromatic carbocycles. The van der Waals surface area contributed by atoms with Crippen molar-refractivity contribution in [3.63, 3.8) is 0 Å². The van der Waals surface area contributed by atoms with Gasteiger partial charge in [0.15, 0.2) is 0 Å². The Hall–Kier alpha value is -3.28. The first kappa shape index (κ1) is 23.9. The summed E-state index contributed by atoms with van der Waals surface area (Å²) in [7, 11) is 1.67. The summed E-state index contributed by atoms with van der Waals surface area (Å²) in [4.78, 5) is 49.5. The number of anilines is 1. The van der Waals surface area contributed by atoms with Crippen LogP contribution in [-0.2, 0) is 14.4 Å². The van der Waals surface area contributed by atoms with E-state index in [4.69, 9.17) is 11.5 Å². The van der Waals surface area contributed by atoms with Gasteiger partial charge >= 0.3 is 0 Å². The topological polar surface area (TPSA) is 147 Å². The van der Waals surface area contributed by atoms with Crippen molar-refractivity contribution in [2.75, 3.05) is 32.1 Å². The van der Waals surface area contributed by atoms with Gasteiger partial charge in [0, 0.05) is 24.4 Å². The number of aliphatic imine (C=N–C) groups is 1. The fourth-order valence-electron chi connectivity index (χ4n) is 4.39. The van der Waals surface area contributed by atoms with Gasteiger partial charge in [0.25, 0.3) is 5.91 Å². The highest BCUT2D eigenvalue weighted by atomic mass is 79.9. The number of hydrogen-bond acceptors (Lipinski definition) is 7. The van der Waals surface area contributed by atoms with Gasteiger partial charge in [-0.25, -0.2) is 9.37 Å². The van der Waals surface area contributed by atoms with Crippen LogP contribution in [0.1, 0.15) is 12.8 Å². The van der Waals surface area contributed by atoms with Crippen molar-refractivity contribution in [1.29, 1.82) is 0 Å². The third-order valence-electron chi connectivity index (χ3n) is 6.26. The maximum Gasteiger partial charge on any atom is 0.265 e. The van der Waals surface area contributed by atoms with E-state index in [-0.39, 0.29) is 42.2 Å². The number of nitrogens with one attached hydrogen (secondary N) is 1. The first-order chi connectivity index (χ1) is 16.2.